The molecule has 1 heterocycles. The Bertz CT molecular complexity index is 998. The van der Waals surface area contributed by atoms with Gasteiger partial charge in [0.2, 0.25) is 15.9 Å². The van der Waals surface area contributed by atoms with Crippen molar-refractivity contribution in [2.45, 2.75) is 6.10 Å². The molecule has 1 aliphatic heterocycles. The molecule has 0 aromatic heterocycles. The summed E-state index contributed by atoms with van der Waals surface area (Å²) in [7, 11) is -2.26. The number of amides is 1. The van der Waals surface area contributed by atoms with E-state index in [1.807, 2.05) is 12.1 Å². The van der Waals surface area contributed by atoms with Crippen molar-refractivity contribution >= 4 is 33.2 Å². The minimum atomic E-state index is -3.72. The van der Waals surface area contributed by atoms with Crippen molar-refractivity contribution in [3.63, 3.8) is 0 Å². The van der Waals surface area contributed by atoms with Gasteiger partial charge in [0.1, 0.15) is 25.0 Å². The summed E-state index contributed by atoms with van der Waals surface area (Å²) in [6, 6.07) is 11.7. The lowest BCUT2D eigenvalue weighted by Crippen LogP contribution is -2.45. The third kappa shape index (κ3) is 5.24. The summed E-state index contributed by atoms with van der Waals surface area (Å²) in [4.78, 5) is 12.4. The van der Waals surface area contributed by atoms with Gasteiger partial charge in [-0.3, -0.25) is 9.10 Å². The van der Waals surface area contributed by atoms with Gasteiger partial charge in [0.25, 0.3) is 0 Å². The van der Waals surface area contributed by atoms with Gasteiger partial charge in [-0.25, -0.2) is 8.42 Å². The van der Waals surface area contributed by atoms with E-state index in [0.717, 1.165) is 10.6 Å². The molecule has 1 aliphatic rings. The molecule has 0 aliphatic carbocycles. The number of benzene rings is 2. The number of halogens is 1. The van der Waals surface area contributed by atoms with Gasteiger partial charge in [0.05, 0.1) is 30.6 Å². The van der Waals surface area contributed by atoms with Crippen LogP contribution in [0, 0.1) is 0 Å². The lowest BCUT2D eigenvalue weighted by molar-refractivity contribution is -0.120. The average Bonchev–Trinajstić information content (AvgIpc) is 2.69. The number of nitrogens with one attached hydrogen (secondary N) is 1. The van der Waals surface area contributed by atoms with Crippen LogP contribution in [0.3, 0.4) is 0 Å². The quantitative estimate of drug-likeness (QED) is 0.708. The number of hydrogen-bond acceptors (Lipinski definition) is 6. The second kappa shape index (κ2) is 8.79. The van der Waals surface area contributed by atoms with Crippen LogP contribution in [0.5, 0.6) is 17.2 Å². The molecule has 2 aromatic carbocycles. The minimum absolute atomic E-state index is 0.175. The fourth-order valence-corrected chi connectivity index (χ4v) is 3.89. The maximum atomic E-state index is 12.4. The molecule has 1 N–H and O–H groups in total. The molecular weight excluding hydrogens is 420 g/mol. The Morgan fingerprint density at radius 2 is 2.00 bits per heavy atom. The van der Waals surface area contributed by atoms with E-state index < -0.39 is 22.5 Å². The number of hydrogen-bond donors (Lipinski definition) is 1. The molecule has 156 valence electrons. The van der Waals surface area contributed by atoms with Crippen molar-refractivity contribution in [3.05, 3.63) is 47.5 Å². The second-order valence-electron chi connectivity index (χ2n) is 6.39. The molecule has 3 rings (SSSR count). The third-order valence-corrected chi connectivity index (χ3v) is 5.64. The summed E-state index contributed by atoms with van der Waals surface area (Å²) in [5.41, 5.74) is 0.264. The van der Waals surface area contributed by atoms with Crippen molar-refractivity contribution in [1.29, 1.82) is 0 Å². The van der Waals surface area contributed by atoms with Crippen LogP contribution < -0.4 is 23.8 Å². The van der Waals surface area contributed by atoms with Crippen molar-refractivity contribution < 1.29 is 27.4 Å². The Balaban J connectivity index is 1.63. The monoisotopic (exact) mass is 440 g/mol. The standard InChI is InChI=1S/C19H21ClN2O6S/c1-26-16-8-7-13(9-15(16)20)22(29(2,24)25)11-19(23)21-10-14-12-27-17-5-3-4-6-18(17)28-14/h3-9,14H,10-12H2,1-2H3,(H,21,23)/t14-/m0/s1. The fraction of sp³-hybridized carbons (Fsp3) is 0.316. The molecule has 1 atom stereocenters. The molecular formula is C19H21ClN2O6S. The number of methoxy groups -OCH3 is 1. The first kappa shape index (κ1) is 21.1. The molecule has 10 heteroatoms. The fourth-order valence-electron chi connectivity index (χ4n) is 2.79. The summed E-state index contributed by atoms with van der Waals surface area (Å²) in [6.07, 6.45) is 0.643. The van der Waals surface area contributed by atoms with E-state index in [9.17, 15) is 13.2 Å². The SMILES string of the molecule is COc1ccc(N(CC(=O)NC[C@H]2COc3ccccc3O2)S(C)(=O)=O)cc1Cl. The minimum Gasteiger partial charge on any atom is -0.495 e. The van der Waals surface area contributed by atoms with Crippen LogP contribution in [-0.2, 0) is 14.8 Å². The number of carbonyl (C=O) groups excluding carboxylic acids is 1. The van der Waals surface area contributed by atoms with E-state index in [4.69, 9.17) is 25.8 Å². The molecule has 0 unspecified atom stereocenters. The number of para-hydroxylation sites is 2. The van der Waals surface area contributed by atoms with Gasteiger partial charge in [-0.1, -0.05) is 23.7 Å². The molecule has 8 nitrogen and oxygen atoms in total. The summed E-state index contributed by atoms with van der Waals surface area (Å²) >= 11 is 6.09. The van der Waals surface area contributed by atoms with Crippen LogP contribution in [0.2, 0.25) is 5.02 Å². The number of anilines is 1. The Hall–Kier alpha value is -2.65. The van der Waals surface area contributed by atoms with Crippen molar-refractivity contribution in [3.8, 4) is 17.2 Å². The van der Waals surface area contributed by atoms with Crippen molar-refractivity contribution in [1.82, 2.24) is 5.32 Å². The predicted octanol–water partition coefficient (Wildman–Crippen LogP) is 2.07. The predicted molar refractivity (Wildman–Crippen MR) is 110 cm³/mol. The average molecular weight is 441 g/mol. The van der Waals surface area contributed by atoms with Gasteiger partial charge in [0.15, 0.2) is 11.5 Å². The molecule has 0 radical (unpaired) electrons. The molecule has 0 fully saturated rings. The Labute approximate surface area is 174 Å². The van der Waals surface area contributed by atoms with Crippen LogP contribution in [-0.4, -0.2) is 53.5 Å². The van der Waals surface area contributed by atoms with E-state index >= 15 is 0 Å². The zero-order valence-corrected chi connectivity index (χ0v) is 17.5. The first-order chi connectivity index (χ1) is 13.8. The van der Waals surface area contributed by atoms with Crippen LogP contribution >= 0.6 is 11.6 Å². The largest absolute Gasteiger partial charge is 0.495 e. The second-order valence-corrected chi connectivity index (χ2v) is 8.70. The molecule has 0 saturated carbocycles. The highest BCUT2D eigenvalue weighted by Crippen LogP contribution is 2.31. The smallest absolute Gasteiger partial charge is 0.240 e. The first-order valence-corrected chi connectivity index (χ1v) is 11.0. The van der Waals surface area contributed by atoms with E-state index in [1.165, 1.54) is 19.2 Å². The van der Waals surface area contributed by atoms with E-state index in [1.54, 1.807) is 18.2 Å². The normalized spacial score (nSPS) is 15.5. The van der Waals surface area contributed by atoms with Gasteiger partial charge in [-0.2, -0.15) is 0 Å². The van der Waals surface area contributed by atoms with Gasteiger partial charge >= 0.3 is 0 Å². The van der Waals surface area contributed by atoms with Gasteiger partial charge in [0, 0.05) is 0 Å². The highest BCUT2D eigenvalue weighted by Gasteiger charge is 2.24. The van der Waals surface area contributed by atoms with Crippen molar-refractivity contribution in [2.75, 3.05) is 37.4 Å². The van der Waals surface area contributed by atoms with Gasteiger partial charge in [-0.05, 0) is 30.3 Å². The molecule has 1 amide bonds. The number of carbonyl (C=O) groups is 1. The Morgan fingerprint density at radius 3 is 2.66 bits per heavy atom. The summed E-state index contributed by atoms with van der Waals surface area (Å²) in [6.45, 7) is 0.0565. The van der Waals surface area contributed by atoms with E-state index in [0.29, 0.717) is 17.2 Å². The lowest BCUT2D eigenvalue weighted by Gasteiger charge is -2.27. The molecule has 29 heavy (non-hydrogen) atoms. The Morgan fingerprint density at radius 1 is 1.28 bits per heavy atom. The topological polar surface area (TPSA) is 94.2 Å². The third-order valence-electron chi connectivity index (χ3n) is 4.21. The maximum absolute atomic E-state index is 12.4. The van der Waals surface area contributed by atoms with Crippen LogP contribution in [0.15, 0.2) is 42.5 Å². The summed E-state index contributed by atoms with van der Waals surface area (Å²) < 4.78 is 41.8. The molecule has 2 aromatic rings. The zero-order valence-electron chi connectivity index (χ0n) is 15.9. The maximum Gasteiger partial charge on any atom is 0.240 e. The summed E-state index contributed by atoms with van der Waals surface area (Å²) in [5, 5.41) is 2.93. The molecule has 0 saturated heterocycles. The highest BCUT2D eigenvalue weighted by molar-refractivity contribution is 7.92. The number of fused-ring (bicyclic) bond motifs is 1. The number of ether oxygens (including phenoxy) is 3. The van der Waals surface area contributed by atoms with Gasteiger partial charge < -0.3 is 19.5 Å². The van der Waals surface area contributed by atoms with Crippen LogP contribution in [0.25, 0.3) is 0 Å². The molecule has 0 bridgehead atoms. The number of nitrogens with zero attached hydrogens (tertiary/aromatic N) is 1. The Kier molecular flexibility index (Phi) is 6.39. The zero-order chi connectivity index (χ0) is 21.0. The highest BCUT2D eigenvalue weighted by atomic mass is 35.5. The first-order valence-electron chi connectivity index (χ1n) is 8.74. The lowest BCUT2D eigenvalue weighted by atomic mass is 10.2. The van der Waals surface area contributed by atoms with Crippen LogP contribution in [0.4, 0.5) is 5.69 Å². The molecule has 0 spiro atoms. The van der Waals surface area contributed by atoms with E-state index in [2.05, 4.69) is 5.32 Å². The van der Waals surface area contributed by atoms with Crippen molar-refractivity contribution in [2.24, 2.45) is 0 Å². The number of rotatable bonds is 7. The van der Waals surface area contributed by atoms with Crippen LogP contribution in [0.1, 0.15) is 0 Å². The number of sulfonamides is 1. The summed E-state index contributed by atoms with van der Waals surface area (Å²) in [5.74, 6) is 1.17. The van der Waals surface area contributed by atoms with E-state index in [-0.39, 0.29) is 30.0 Å². The van der Waals surface area contributed by atoms with Gasteiger partial charge in [-0.15, -0.1) is 0 Å².